The van der Waals surface area contributed by atoms with E-state index in [9.17, 15) is 4.79 Å². The fourth-order valence-corrected chi connectivity index (χ4v) is 2.97. The fraction of sp³-hybridized carbons (Fsp3) is 0.333. The minimum atomic E-state index is -0.0950. The van der Waals surface area contributed by atoms with Crippen molar-refractivity contribution in [2.45, 2.75) is 0 Å². The molecule has 0 radical (unpaired) electrons. The molecule has 0 N–H and O–H groups in total. The normalized spacial score (nSPS) is 18.2. The number of hydrogen-bond donors (Lipinski definition) is 0. The molecule has 0 spiro atoms. The molecular formula is C15H18N2O4S. The van der Waals surface area contributed by atoms with Crippen LogP contribution in [-0.4, -0.2) is 51.4 Å². The molecule has 0 aromatic heterocycles. The molecule has 0 saturated carbocycles. The standard InChI is InChI=1S/C15H18N2O4S/c1-16-15-17(2)14(18)13(22-15)7-9-6-11(20-4)12(21-5)8-10(9)19-3/h6-8H,1-5H3/b13-7-,16-15?. The lowest BCUT2D eigenvalue weighted by Gasteiger charge is -2.12. The average molecular weight is 322 g/mol. The highest BCUT2D eigenvalue weighted by atomic mass is 32.2. The van der Waals surface area contributed by atoms with Crippen molar-refractivity contribution in [3.8, 4) is 17.2 Å². The lowest BCUT2D eigenvalue weighted by Crippen LogP contribution is -2.23. The van der Waals surface area contributed by atoms with Crippen molar-refractivity contribution in [3.05, 3.63) is 22.6 Å². The highest BCUT2D eigenvalue weighted by molar-refractivity contribution is 8.18. The van der Waals surface area contributed by atoms with Crippen molar-refractivity contribution in [2.24, 2.45) is 4.99 Å². The number of ether oxygens (including phenoxy) is 3. The van der Waals surface area contributed by atoms with Crippen molar-refractivity contribution >= 4 is 28.9 Å². The van der Waals surface area contributed by atoms with Crippen molar-refractivity contribution in [1.82, 2.24) is 4.90 Å². The van der Waals surface area contributed by atoms with Gasteiger partial charge in [0.25, 0.3) is 5.91 Å². The maximum absolute atomic E-state index is 12.2. The Balaban J connectivity index is 2.49. The van der Waals surface area contributed by atoms with E-state index in [1.54, 1.807) is 53.6 Å². The Hall–Kier alpha value is -2.15. The van der Waals surface area contributed by atoms with Crippen LogP contribution in [0.2, 0.25) is 0 Å². The fourth-order valence-electron chi connectivity index (χ4n) is 2.06. The summed E-state index contributed by atoms with van der Waals surface area (Å²) in [5, 5.41) is 0.663. The topological polar surface area (TPSA) is 60.4 Å². The average Bonchev–Trinajstić information content (AvgIpc) is 2.82. The van der Waals surface area contributed by atoms with Gasteiger partial charge in [-0.3, -0.25) is 14.7 Å². The number of likely N-dealkylation sites (N-methyl/N-ethyl adjacent to an activating group) is 1. The van der Waals surface area contributed by atoms with E-state index in [0.29, 0.717) is 27.3 Å². The van der Waals surface area contributed by atoms with E-state index in [-0.39, 0.29) is 5.91 Å². The first-order chi connectivity index (χ1) is 10.5. The van der Waals surface area contributed by atoms with Gasteiger partial charge in [-0.15, -0.1) is 0 Å². The molecule has 1 aliphatic rings. The second-order valence-electron chi connectivity index (χ2n) is 4.43. The smallest absolute Gasteiger partial charge is 0.266 e. The number of aliphatic imine (C=N–C) groups is 1. The maximum Gasteiger partial charge on any atom is 0.266 e. The van der Waals surface area contributed by atoms with Crippen LogP contribution in [0.25, 0.3) is 6.08 Å². The van der Waals surface area contributed by atoms with E-state index in [4.69, 9.17) is 14.2 Å². The Labute approximate surface area is 133 Å². The number of thioether (sulfide) groups is 1. The summed E-state index contributed by atoms with van der Waals surface area (Å²) in [6, 6.07) is 3.51. The van der Waals surface area contributed by atoms with Gasteiger partial charge in [-0.2, -0.15) is 0 Å². The van der Waals surface area contributed by atoms with Gasteiger partial charge in [0.05, 0.1) is 26.2 Å². The van der Waals surface area contributed by atoms with Gasteiger partial charge in [-0.1, -0.05) is 0 Å². The largest absolute Gasteiger partial charge is 0.496 e. The van der Waals surface area contributed by atoms with Gasteiger partial charge in [-0.05, 0) is 23.9 Å². The van der Waals surface area contributed by atoms with Crippen LogP contribution in [0.4, 0.5) is 0 Å². The van der Waals surface area contributed by atoms with Crippen LogP contribution in [0.5, 0.6) is 17.2 Å². The van der Waals surface area contributed by atoms with Gasteiger partial charge in [0.2, 0.25) is 0 Å². The zero-order valence-electron chi connectivity index (χ0n) is 13.2. The summed E-state index contributed by atoms with van der Waals surface area (Å²) in [6.07, 6.45) is 1.77. The third kappa shape index (κ3) is 2.89. The first kappa shape index (κ1) is 16.2. The highest BCUT2D eigenvalue weighted by Gasteiger charge is 2.30. The molecule has 1 aromatic rings. The van der Waals surface area contributed by atoms with Crippen LogP contribution in [0, 0.1) is 0 Å². The molecule has 0 bridgehead atoms. The number of carbonyl (C=O) groups is 1. The predicted molar refractivity (Wildman–Crippen MR) is 87.8 cm³/mol. The highest BCUT2D eigenvalue weighted by Crippen LogP contribution is 2.38. The molecule has 2 rings (SSSR count). The number of nitrogens with zero attached hydrogens (tertiary/aromatic N) is 2. The van der Waals surface area contributed by atoms with Crippen LogP contribution in [0.3, 0.4) is 0 Å². The van der Waals surface area contributed by atoms with E-state index < -0.39 is 0 Å². The third-order valence-electron chi connectivity index (χ3n) is 3.22. The van der Waals surface area contributed by atoms with E-state index in [0.717, 1.165) is 5.56 Å². The minimum absolute atomic E-state index is 0.0950. The molecule has 0 unspecified atom stereocenters. The zero-order valence-corrected chi connectivity index (χ0v) is 14.0. The second kappa shape index (κ2) is 6.74. The molecule has 118 valence electrons. The number of carbonyl (C=O) groups excluding carboxylic acids is 1. The molecule has 6 nitrogen and oxygen atoms in total. The zero-order chi connectivity index (χ0) is 16.3. The number of methoxy groups -OCH3 is 3. The molecule has 0 atom stereocenters. The maximum atomic E-state index is 12.2. The lowest BCUT2D eigenvalue weighted by atomic mass is 10.1. The van der Waals surface area contributed by atoms with Crippen molar-refractivity contribution in [3.63, 3.8) is 0 Å². The van der Waals surface area contributed by atoms with Crippen LogP contribution in [-0.2, 0) is 4.79 Å². The molecular weight excluding hydrogens is 304 g/mol. The van der Waals surface area contributed by atoms with Crippen LogP contribution in [0.15, 0.2) is 22.0 Å². The molecule has 7 heteroatoms. The number of rotatable bonds is 4. The quantitative estimate of drug-likeness (QED) is 0.796. The Bertz CT molecular complexity index is 655. The van der Waals surface area contributed by atoms with Gasteiger partial charge >= 0.3 is 0 Å². The number of hydrogen-bond acceptors (Lipinski definition) is 6. The monoisotopic (exact) mass is 322 g/mol. The summed E-state index contributed by atoms with van der Waals surface area (Å²) in [6.45, 7) is 0. The Morgan fingerprint density at radius 1 is 1.09 bits per heavy atom. The number of amides is 1. The van der Waals surface area contributed by atoms with E-state index in [2.05, 4.69) is 4.99 Å². The first-order valence-electron chi connectivity index (χ1n) is 6.50. The minimum Gasteiger partial charge on any atom is -0.496 e. The lowest BCUT2D eigenvalue weighted by molar-refractivity contribution is -0.121. The number of benzene rings is 1. The third-order valence-corrected chi connectivity index (χ3v) is 4.37. The van der Waals surface area contributed by atoms with Gasteiger partial charge in [0.15, 0.2) is 16.7 Å². The summed E-state index contributed by atoms with van der Waals surface area (Å²) >= 11 is 1.32. The van der Waals surface area contributed by atoms with Crippen molar-refractivity contribution in [2.75, 3.05) is 35.4 Å². The molecule has 1 saturated heterocycles. The molecule has 1 amide bonds. The predicted octanol–water partition coefficient (Wildman–Crippen LogP) is 2.24. The van der Waals surface area contributed by atoms with Gasteiger partial charge in [0.1, 0.15) is 5.75 Å². The molecule has 0 aliphatic carbocycles. The first-order valence-corrected chi connectivity index (χ1v) is 7.31. The number of amidine groups is 1. The Morgan fingerprint density at radius 3 is 2.18 bits per heavy atom. The summed E-state index contributed by atoms with van der Waals surface area (Å²) in [4.78, 5) is 18.4. The van der Waals surface area contributed by atoms with E-state index >= 15 is 0 Å². The van der Waals surface area contributed by atoms with E-state index in [1.165, 1.54) is 16.7 Å². The SMILES string of the molecule is CN=C1S/C(=C\c2cc(OC)c(OC)cc2OC)C(=O)N1C. The second-order valence-corrected chi connectivity index (χ2v) is 5.44. The van der Waals surface area contributed by atoms with Gasteiger partial charge in [0, 0.05) is 25.7 Å². The molecule has 22 heavy (non-hydrogen) atoms. The summed E-state index contributed by atoms with van der Waals surface area (Å²) in [5.74, 6) is 1.65. The molecule has 1 aromatic carbocycles. The summed E-state index contributed by atoms with van der Waals surface area (Å²) in [5.41, 5.74) is 0.738. The van der Waals surface area contributed by atoms with Crippen LogP contribution in [0.1, 0.15) is 5.56 Å². The molecule has 1 heterocycles. The molecule has 1 fully saturated rings. The van der Waals surface area contributed by atoms with Crippen molar-refractivity contribution < 1.29 is 19.0 Å². The Morgan fingerprint density at radius 2 is 1.68 bits per heavy atom. The van der Waals surface area contributed by atoms with E-state index in [1.807, 2.05) is 0 Å². The van der Waals surface area contributed by atoms with Crippen molar-refractivity contribution in [1.29, 1.82) is 0 Å². The van der Waals surface area contributed by atoms with Gasteiger partial charge in [-0.25, -0.2) is 0 Å². The van der Waals surface area contributed by atoms with Crippen LogP contribution < -0.4 is 14.2 Å². The summed E-state index contributed by atoms with van der Waals surface area (Å²) in [7, 11) is 8.05. The molecule has 1 aliphatic heterocycles. The van der Waals surface area contributed by atoms with Gasteiger partial charge < -0.3 is 14.2 Å². The summed E-state index contributed by atoms with van der Waals surface area (Å²) < 4.78 is 15.9. The van der Waals surface area contributed by atoms with Crippen LogP contribution >= 0.6 is 11.8 Å². The Kier molecular flexibility index (Phi) is 4.97.